The van der Waals surface area contributed by atoms with Gasteiger partial charge >= 0.3 is 0 Å². The molecule has 2 aliphatic rings. The van der Waals surface area contributed by atoms with E-state index in [2.05, 4.69) is 6.92 Å². The maximum atomic E-state index is 11.9. The molecule has 0 bridgehead atoms. The largest absolute Gasteiger partial charge is 0.272 e. The first-order chi connectivity index (χ1) is 6.22. The van der Waals surface area contributed by atoms with Crippen LogP contribution >= 0.6 is 0 Å². The van der Waals surface area contributed by atoms with Crippen LogP contribution in [0.15, 0.2) is 0 Å². The standard InChI is InChI=1S/C10H17NO2/c1-10(5-4-6-10)9(12)11-7-2-3-8-13-11/h2-8H2,1H3. The molecule has 0 spiro atoms. The first kappa shape index (κ1) is 9.00. The van der Waals surface area contributed by atoms with Gasteiger partial charge in [0.1, 0.15) is 0 Å². The number of carbonyl (C=O) groups excluding carboxylic acids is 1. The highest BCUT2D eigenvalue weighted by molar-refractivity contribution is 5.82. The van der Waals surface area contributed by atoms with Crippen molar-refractivity contribution >= 4 is 5.91 Å². The Balaban J connectivity index is 1.95. The Morgan fingerprint density at radius 2 is 2.08 bits per heavy atom. The normalized spacial score (nSPS) is 26.7. The SMILES string of the molecule is CC1(C(=O)N2CCCCO2)CCC1. The lowest BCUT2D eigenvalue weighted by Crippen LogP contribution is -2.47. The third-order valence-electron chi connectivity index (χ3n) is 3.20. The minimum absolute atomic E-state index is 0.0999. The zero-order chi connectivity index (χ0) is 9.31. The zero-order valence-corrected chi connectivity index (χ0v) is 8.21. The van der Waals surface area contributed by atoms with Gasteiger partial charge in [-0.3, -0.25) is 9.63 Å². The van der Waals surface area contributed by atoms with Gasteiger partial charge in [-0.1, -0.05) is 13.3 Å². The average molecular weight is 183 g/mol. The number of amides is 1. The van der Waals surface area contributed by atoms with Gasteiger partial charge in [0.05, 0.1) is 6.61 Å². The topological polar surface area (TPSA) is 29.5 Å². The van der Waals surface area contributed by atoms with Crippen molar-refractivity contribution in [2.24, 2.45) is 5.41 Å². The van der Waals surface area contributed by atoms with Gasteiger partial charge in [-0.05, 0) is 25.7 Å². The van der Waals surface area contributed by atoms with E-state index in [1.165, 1.54) is 6.42 Å². The van der Waals surface area contributed by atoms with Gasteiger partial charge in [-0.2, -0.15) is 0 Å². The first-order valence-electron chi connectivity index (χ1n) is 5.17. The predicted octanol–water partition coefficient (Wildman–Crippen LogP) is 1.73. The number of carbonyl (C=O) groups is 1. The Morgan fingerprint density at radius 1 is 1.31 bits per heavy atom. The second-order valence-electron chi connectivity index (χ2n) is 4.36. The summed E-state index contributed by atoms with van der Waals surface area (Å²) >= 11 is 0. The maximum Gasteiger partial charge on any atom is 0.252 e. The molecule has 1 amide bonds. The summed E-state index contributed by atoms with van der Waals surface area (Å²) in [6.45, 7) is 3.55. The summed E-state index contributed by atoms with van der Waals surface area (Å²) < 4.78 is 0. The van der Waals surface area contributed by atoms with Crippen LogP contribution in [-0.2, 0) is 9.63 Å². The molecular formula is C10H17NO2. The molecule has 74 valence electrons. The van der Waals surface area contributed by atoms with E-state index in [-0.39, 0.29) is 11.3 Å². The number of rotatable bonds is 1. The molecule has 1 saturated carbocycles. The molecule has 0 N–H and O–H groups in total. The Labute approximate surface area is 79.0 Å². The van der Waals surface area contributed by atoms with Gasteiger partial charge in [-0.15, -0.1) is 0 Å². The fourth-order valence-electron chi connectivity index (χ4n) is 1.98. The monoisotopic (exact) mass is 183 g/mol. The molecule has 0 radical (unpaired) electrons. The van der Waals surface area contributed by atoms with Crippen LogP contribution in [0, 0.1) is 5.41 Å². The van der Waals surface area contributed by atoms with Crippen molar-refractivity contribution in [1.82, 2.24) is 5.06 Å². The smallest absolute Gasteiger partial charge is 0.252 e. The highest BCUT2D eigenvalue weighted by Gasteiger charge is 2.42. The van der Waals surface area contributed by atoms with Crippen LogP contribution in [0.2, 0.25) is 0 Å². The lowest BCUT2D eigenvalue weighted by Gasteiger charge is -2.41. The fraction of sp³-hybridized carbons (Fsp3) is 0.900. The molecule has 1 aliphatic carbocycles. The molecule has 13 heavy (non-hydrogen) atoms. The van der Waals surface area contributed by atoms with E-state index < -0.39 is 0 Å². The van der Waals surface area contributed by atoms with Crippen molar-refractivity contribution in [2.75, 3.05) is 13.2 Å². The maximum absolute atomic E-state index is 11.9. The van der Waals surface area contributed by atoms with Gasteiger partial charge in [0.15, 0.2) is 0 Å². The number of hydrogen-bond acceptors (Lipinski definition) is 2. The third-order valence-corrected chi connectivity index (χ3v) is 3.20. The minimum atomic E-state index is -0.0999. The van der Waals surface area contributed by atoms with Crippen molar-refractivity contribution in [3.8, 4) is 0 Å². The van der Waals surface area contributed by atoms with Crippen molar-refractivity contribution in [2.45, 2.75) is 39.0 Å². The van der Waals surface area contributed by atoms with Crippen LogP contribution < -0.4 is 0 Å². The Hall–Kier alpha value is -0.570. The second-order valence-corrected chi connectivity index (χ2v) is 4.36. The summed E-state index contributed by atoms with van der Waals surface area (Å²) in [5.41, 5.74) is -0.0999. The molecule has 2 rings (SSSR count). The van der Waals surface area contributed by atoms with E-state index in [4.69, 9.17) is 4.84 Å². The highest BCUT2D eigenvalue weighted by Crippen LogP contribution is 2.42. The summed E-state index contributed by atoms with van der Waals surface area (Å²) in [6.07, 6.45) is 5.43. The Kier molecular flexibility index (Phi) is 2.28. The number of hydrogen-bond donors (Lipinski definition) is 0. The summed E-state index contributed by atoms with van der Waals surface area (Å²) in [6, 6.07) is 0. The zero-order valence-electron chi connectivity index (χ0n) is 8.21. The third kappa shape index (κ3) is 1.57. The van der Waals surface area contributed by atoms with Crippen LogP contribution in [0.3, 0.4) is 0 Å². The molecule has 1 saturated heterocycles. The first-order valence-corrected chi connectivity index (χ1v) is 5.17. The number of hydroxylamine groups is 2. The molecule has 0 aromatic rings. The lowest BCUT2D eigenvalue weighted by atomic mass is 9.69. The lowest BCUT2D eigenvalue weighted by molar-refractivity contribution is -0.210. The quantitative estimate of drug-likeness (QED) is 0.619. The Morgan fingerprint density at radius 3 is 2.54 bits per heavy atom. The van der Waals surface area contributed by atoms with E-state index >= 15 is 0 Å². The molecule has 0 aromatic carbocycles. The van der Waals surface area contributed by atoms with Gasteiger partial charge in [0.25, 0.3) is 5.91 Å². The van der Waals surface area contributed by atoms with E-state index in [9.17, 15) is 4.79 Å². The summed E-state index contributed by atoms with van der Waals surface area (Å²) in [5, 5.41) is 1.59. The highest BCUT2D eigenvalue weighted by atomic mass is 16.7. The van der Waals surface area contributed by atoms with E-state index in [1.54, 1.807) is 5.06 Å². The van der Waals surface area contributed by atoms with Crippen LogP contribution in [0.5, 0.6) is 0 Å². The van der Waals surface area contributed by atoms with E-state index in [0.717, 1.165) is 32.2 Å². The summed E-state index contributed by atoms with van der Waals surface area (Å²) in [5.74, 6) is 0.207. The van der Waals surface area contributed by atoms with Crippen LogP contribution in [0.4, 0.5) is 0 Å². The van der Waals surface area contributed by atoms with Gasteiger partial charge < -0.3 is 0 Å². The molecule has 1 heterocycles. The van der Waals surface area contributed by atoms with Gasteiger partial charge in [-0.25, -0.2) is 5.06 Å². The van der Waals surface area contributed by atoms with Crippen LogP contribution in [0.1, 0.15) is 39.0 Å². The molecule has 0 aromatic heterocycles. The average Bonchev–Trinajstić information content (AvgIpc) is 2.14. The molecule has 3 heteroatoms. The van der Waals surface area contributed by atoms with Gasteiger partial charge in [0, 0.05) is 12.0 Å². The van der Waals surface area contributed by atoms with Crippen molar-refractivity contribution in [3.63, 3.8) is 0 Å². The molecule has 1 aliphatic heterocycles. The van der Waals surface area contributed by atoms with Crippen LogP contribution in [-0.4, -0.2) is 24.1 Å². The van der Waals surface area contributed by atoms with E-state index in [1.807, 2.05) is 0 Å². The van der Waals surface area contributed by atoms with E-state index in [0.29, 0.717) is 6.61 Å². The molecule has 2 fully saturated rings. The summed E-state index contributed by atoms with van der Waals surface area (Å²) in [7, 11) is 0. The van der Waals surface area contributed by atoms with Crippen LogP contribution in [0.25, 0.3) is 0 Å². The molecular weight excluding hydrogens is 166 g/mol. The second kappa shape index (κ2) is 3.29. The van der Waals surface area contributed by atoms with Gasteiger partial charge in [0.2, 0.25) is 0 Å². The minimum Gasteiger partial charge on any atom is -0.272 e. The Bertz CT molecular complexity index is 205. The fourth-order valence-corrected chi connectivity index (χ4v) is 1.98. The van der Waals surface area contributed by atoms with Crippen molar-refractivity contribution in [3.05, 3.63) is 0 Å². The van der Waals surface area contributed by atoms with Crippen molar-refractivity contribution < 1.29 is 9.63 Å². The summed E-state index contributed by atoms with van der Waals surface area (Å²) in [4.78, 5) is 17.2. The molecule has 0 atom stereocenters. The molecule has 3 nitrogen and oxygen atoms in total. The van der Waals surface area contributed by atoms with Crippen molar-refractivity contribution in [1.29, 1.82) is 0 Å². The number of nitrogens with zero attached hydrogens (tertiary/aromatic N) is 1. The molecule has 0 unspecified atom stereocenters. The predicted molar refractivity (Wildman–Crippen MR) is 48.9 cm³/mol.